The molecule has 3 rings (SSSR count). The van der Waals surface area contributed by atoms with Gasteiger partial charge < -0.3 is 5.73 Å². The smallest absolute Gasteiger partial charge is 0.269 e. The molecule has 0 spiro atoms. The van der Waals surface area contributed by atoms with Gasteiger partial charge in [0.25, 0.3) is 5.69 Å². The van der Waals surface area contributed by atoms with Crippen molar-refractivity contribution in [3.8, 4) is 0 Å². The molecule has 0 amide bonds. The van der Waals surface area contributed by atoms with Crippen molar-refractivity contribution in [3.63, 3.8) is 0 Å². The molecule has 1 aromatic rings. The minimum atomic E-state index is -3.91. The maximum absolute atomic E-state index is 12.6. The van der Waals surface area contributed by atoms with Crippen molar-refractivity contribution < 1.29 is 21.8 Å². The van der Waals surface area contributed by atoms with Crippen molar-refractivity contribution in [3.05, 3.63) is 34.4 Å². The molecule has 0 radical (unpaired) electrons. The predicted octanol–water partition coefficient (Wildman–Crippen LogP) is 0.0236. The van der Waals surface area contributed by atoms with Crippen LogP contribution < -0.4 is 10.5 Å². The largest absolute Gasteiger partial charge is 0.328 e. The zero-order valence-corrected chi connectivity index (χ0v) is 14.9. The minimum Gasteiger partial charge on any atom is -0.328 e. The number of fused-ring (bicyclic) bond motifs is 2. The maximum Gasteiger partial charge on any atom is 0.269 e. The van der Waals surface area contributed by atoms with Gasteiger partial charge in [-0.3, -0.25) is 10.1 Å². The van der Waals surface area contributed by atoms with E-state index in [9.17, 15) is 26.9 Å². The van der Waals surface area contributed by atoms with E-state index >= 15 is 0 Å². The highest BCUT2D eigenvalue weighted by molar-refractivity contribution is 7.91. The van der Waals surface area contributed by atoms with Crippen LogP contribution in [0.1, 0.15) is 12.8 Å². The van der Waals surface area contributed by atoms with Gasteiger partial charge in [-0.15, -0.1) is 0 Å². The lowest BCUT2D eigenvalue weighted by molar-refractivity contribution is -0.384. The lowest BCUT2D eigenvalue weighted by Gasteiger charge is -2.44. The molecular weight excluding hydrogens is 370 g/mol. The van der Waals surface area contributed by atoms with Gasteiger partial charge in [0.05, 0.1) is 21.3 Å². The number of nitrogens with zero attached hydrogens (tertiary/aromatic N) is 1. The van der Waals surface area contributed by atoms with Gasteiger partial charge in [-0.1, -0.05) is 0 Å². The van der Waals surface area contributed by atoms with E-state index in [1.165, 1.54) is 12.1 Å². The van der Waals surface area contributed by atoms with Crippen LogP contribution in [0.3, 0.4) is 0 Å². The molecule has 1 aromatic carbocycles. The molecule has 1 heterocycles. The molecule has 2 fully saturated rings. The average Bonchev–Trinajstić information content (AvgIpc) is 2.48. The molecular formula is C14H19N3O6S2. The number of sulfonamides is 1. The van der Waals surface area contributed by atoms with Crippen LogP contribution in [0.5, 0.6) is 0 Å². The topological polar surface area (TPSA) is 149 Å². The summed E-state index contributed by atoms with van der Waals surface area (Å²) < 4.78 is 51.7. The van der Waals surface area contributed by atoms with Gasteiger partial charge in [-0.25, -0.2) is 21.6 Å². The molecule has 1 saturated heterocycles. The van der Waals surface area contributed by atoms with Crippen LogP contribution in [0.2, 0.25) is 0 Å². The highest BCUT2D eigenvalue weighted by Gasteiger charge is 2.46. The highest BCUT2D eigenvalue weighted by Crippen LogP contribution is 2.36. The second-order valence-electron chi connectivity index (χ2n) is 6.73. The Morgan fingerprint density at radius 3 is 2.12 bits per heavy atom. The summed E-state index contributed by atoms with van der Waals surface area (Å²) in [7, 11) is -7.11. The number of nitro groups is 1. The Labute approximate surface area is 145 Å². The third-order valence-electron chi connectivity index (χ3n) is 4.81. The number of hydrogen-bond acceptors (Lipinski definition) is 7. The molecule has 0 aromatic heterocycles. The Balaban J connectivity index is 1.84. The molecule has 2 unspecified atom stereocenters. The molecule has 2 atom stereocenters. The van der Waals surface area contributed by atoms with Crippen molar-refractivity contribution in [2.45, 2.75) is 29.8 Å². The molecule has 1 aliphatic heterocycles. The van der Waals surface area contributed by atoms with Crippen LogP contribution in [-0.2, 0) is 19.9 Å². The van der Waals surface area contributed by atoms with Crippen LogP contribution in [-0.4, -0.2) is 45.3 Å². The Hall–Kier alpha value is -1.56. The number of non-ortho nitro benzene ring substituents is 1. The number of nitrogens with one attached hydrogen (secondary N) is 1. The molecule has 2 aliphatic rings. The molecule has 3 N–H and O–H groups in total. The monoisotopic (exact) mass is 389 g/mol. The molecule has 11 heteroatoms. The maximum atomic E-state index is 12.6. The van der Waals surface area contributed by atoms with Crippen molar-refractivity contribution in [1.82, 2.24) is 4.72 Å². The van der Waals surface area contributed by atoms with Crippen molar-refractivity contribution >= 4 is 25.5 Å². The molecule has 1 saturated carbocycles. The minimum absolute atomic E-state index is 0.0787. The summed E-state index contributed by atoms with van der Waals surface area (Å²) >= 11 is 0. The van der Waals surface area contributed by atoms with E-state index in [1.54, 1.807) is 0 Å². The first-order valence-corrected chi connectivity index (χ1v) is 11.1. The van der Waals surface area contributed by atoms with Gasteiger partial charge in [0, 0.05) is 24.2 Å². The van der Waals surface area contributed by atoms with Crippen LogP contribution >= 0.6 is 0 Å². The molecule has 138 valence electrons. The second-order valence-corrected chi connectivity index (χ2v) is 10.6. The SMILES string of the molecule is NC1CC2CS(=O)(=O)CC(C1)C2NS(=O)(=O)c1ccc([N+](=O)[O-])cc1. The van der Waals surface area contributed by atoms with Crippen LogP contribution in [0, 0.1) is 22.0 Å². The summed E-state index contributed by atoms with van der Waals surface area (Å²) in [4.78, 5) is 9.98. The zero-order valence-electron chi connectivity index (χ0n) is 13.2. The summed E-state index contributed by atoms with van der Waals surface area (Å²) in [6.07, 6.45) is 0.895. The van der Waals surface area contributed by atoms with Gasteiger partial charge in [-0.05, 0) is 36.8 Å². The fourth-order valence-corrected chi connectivity index (χ4v) is 7.30. The van der Waals surface area contributed by atoms with Crippen molar-refractivity contribution in [2.24, 2.45) is 17.6 Å². The fourth-order valence-electron chi connectivity index (χ4n) is 3.80. The number of hydrogen-bond donors (Lipinski definition) is 2. The average molecular weight is 389 g/mol. The van der Waals surface area contributed by atoms with E-state index in [0.29, 0.717) is 12.8 Å². The van der Waals surface area contributed by atoms with E-state index in [0.717, 1.165) is 12.1 Å². The van der Waals surface area contributed by atoms with E-state index < -0.39 is 30.8 Å². The second kappa shape index (κ2) is 6.31. The number of rotatable bonds is 4. The van der Waals surface area contributed by atoms with E-state index in [4.69, 9.17) is 5.73 Å². The Morgan fingerprint density at radius 2 is 1.64 bits per heavy atom. The van der Waals surface area contributed by atoms with Crippen molar-refractivity contribution in [1.29, 1.82) is 0 Å². The summed E-state index contributed by atoms with van der Waals surface area (Å²) in [5, 5.41) is 10.7. The normalized spacial score (nSPS) is 31.4. The third kappa shape index (κ3) is 3.84. The number of benzene rings is 1. The summed E-state index contributed by atoms with van der Waals surface area (Å²) in [5.74, 6) is -0.879. The first-order chi connectivity index (χ1) is 11.6. The fraction of sp³-hybridized carbons (Fsp3) is 0.571. The van der Waals surface area contributed by atoms with Gasteiger partial charge in [0.15, 0.2) is 9.84 Å². The molecule has 9 nitrogen and oxygen atoms in total. The van der Waals surface area contributed by atoms with E-state index in [-0.39, 0.29) is 40.0 Å². The first kappa shape index (κ1) is 18.2. The standard InChI is InChI=1S/C14H19N3O6S2/c15-11-5-9-7-24(20,21)8-10(6-11)14(9)16-25(22,23)13-3-1-12(2-4-13)17(18)19/h1-4,9-11,14,16H,5-8,15H2. The van der Waals surface area contributed by atoms with Crippen LogP contribution in [0.15, 0.2) is 29.2 Å². The number of nitro benzene ring substituents is 1. The van der Waals surface area contributed by atoms with Crippen LogP contribution in [0.25, 0.3) is 0 Å². The Kier molecular flexibility index (Phi) is 4.60. The molecule has 1 aliphatic carbocycles. The Bertz CT molecular complexity index is 860. The number of sulfone groups is 1. The van der Waals surface area contributed by atoms with Gasteiger partial charge >= 0.3 is 0 Å². The summed E-state index contributed by atoms with van der Waals surface area (Å²) in [6.45, 7) is 0. The van der Waals surface area contributed by atoms with E-state index in [2.05, 4.69) is 4.72 Å². The number of nitrogens with two attached hydrogens (primary N) is 1. The Morgan fingerprint density at radius 1 is 1.12 bits per heavy atom. The van der Waals surface area contributed by atoms with E-state index in [1.807, 2.05) is 0 Å². The lowest BCUT2D eigenvalue weighted by atomic mass is 9.76. The molecule has 2 bridgehead atoms. The van der Waals surface area contributed by atoms with Crippen molar-refractivity contribution in [2.75, 3.05) is 11.5 Å². The van der Waals surface area contributed by atoms with Gasteiger partial charge in [0.1, 0.15) is 0 Å². The van der Waals surface area contributed by atoms with Crippen LogP contribution in [0.4, 0.5) is 5.69 Å². The quantitative estimate of drug-likeness (QED) is 0.544. The predicted molar refractivity (Wildman–Crippen MR) is 90.0 cm³/mol. The third-order valence-corrected chi connectivity index (χ3v) is 8.16. The van der Waals surface area contributed by atoms with Gasteiger partial charge in [0.2, 0.25) is 10.0 Å². The highest BCUT2D eigenvalue weighted by atomic mass is 32.2. The summed E-state index contributed by atoms with van der Waals surface area (Å²) in [6, 6.07) is 3.95. The lowest BCUT2D eigenvalue weighted by Crippen LogP contribution is -2.58. The zero-order chi connectivity index (χ0) is 18.4. The molecule has 25 heavy (non-hydrogen) atoms. The van der Waals surface area contributed by atoms with Gasteiger partial charge in [-0.2, -0.15) is 0 Å². The first-order valence-electron chi connectivity index (χ1n) is 7.80. The summed E-state index contributed by atoms with van der Waals surface area (Å²) in [5.41, 5.74) is 5.76.